The van der Waals surface area contributed by atoms with Crippen LogP contribution in [-0.2, 0) is 36.2 Å². The fourth-order valence-electron chi connectivity index (χ4n) is 1.40. The minimum Gasteiger partial charge on any atom is -1.00 e. The Balaban J connectivity index is -0.000000220. The van der Waals surface area contributed by atoms with Crippen molar-refractivity contribution >= 4 is 41.0 Å². The van der Waals surface area contributed by atoms with E-state index in [4.69, 9.17) is 20.4 Å². The molecule has 0 aliphatic carbocycles. The van der Waals surface area contributed by atoms with Gasteiger partial charge in [-0.1, -0.05) is 0 Å². The van der Waals surface area contributed by atoms with E-state index in [9.17, 15) is 29.7 Å². The maximum absolute atomic E-state index is 11.4. The summed E-state index contributed by atoms with van der Waals surface area (Å²) in [6, 6.07) is 0. The SMILES string of the molecule is O.O=C(O)CC(O)(CC(=O)OC[C@H](O)[C@@H](O)[C@H](O)CO)C(=O)O.[Fe].[H-].[H-].[Mg+2]. The van der Waals surface area contributed by atoms with Gasteiger partial charge in [0.1, 0.15) is 24.9 Å². The van der Waals surface area contributed by atoms with E-state index in [1.807, 2.05) is 0 Å². The molecule has 4 atom stereocenters. The topological polar surface area (TPSA) is 234 Å². The van der Waals surface area contributed by atoms with Crippen LogP contribution in [0, 0.1) is 0 Å². The van der Waals surface area contributed by atoms with Crippen molar-refractivity contribution in [3.05, 3.63) is 0 Å². The van der Waals surface area contributed by atoms with Crippen LogP contribution in [0.4, 0.5) is 0 Å². The summed E-state index contributed by atoms with van der Waals surface area (Å²) in [6.07, 6.45) is -7.72. The van der Waals surface area contributed by atoms with Crippen molar-refractivity contribution < 1.29 is 80.3 Å². The number of aliphatic hydroxyl groups is 5. The monoisotopic (exact) mass is 426 g/mol. The summed E-state index contributed by atoms with van der Waals surface area (Å²) in [6.45, 7) is -1.72. The first-order valence-electron chi connectivity index (χ1n) is 6.01. The van der Waals surface area contributed by atoms with Crippen molar-refractivity contribution in [2.45, 2.75) is 36.8 Å². The standard InChI is InChI=1S/C11H18O11.Fe.Mg.H2O.2H/c12-3-5(13)9(18)6(14)4-22-8(17)2-11(21,10(19)20)1-7(15)16;;;;;/h5-6,9,12-14,18,21H,1-4H2,(H,15,16)(H,19,20);;;1H2;;/q;;+2;;2*-1/t5-,6+,9+,11?;;;;;/m1...../s1. The zero-order valence-corrected chi connectivity index (χ0v) is 15.4. The Morgan fingerprint density at radius 3 is 1.88 bits per heavy atom. The summed E-state index contributed by atoms with van der Waals surface area (Å²) in [7, 11) is 0. The predicted octanol–water partition coefficient (Wildman–Crippen LogP) is -4.70. The maximum atomic E-state index is 11.4. The number of rotatable bonds is 10. The number of aliphatic carboxylic acids is 2. The average Bonchev–Trinajstić information content (AvgIpc) is 2.41. The molecule has 0 amide bonds. The molecule has 0 aliphatic rings. The molecule has 148 valence electrons. The van der Waals surface area contributed by atoms with Crippen LogP contribution < -0.4 is 0 Å². The number of ether oxygens (including phenoxy) is 1. The third kappa shape index (κ3) is 11.6. The Hall–Kier alpha value is -0.544. The summed E-state index contributed by atoms with van der Waals surface area (Å²) >= 11 is 0. The van der Waals surface area contributed by atoms with Crippen LogP contribution >= 0.6 is 0 Å². The third-order valence-electron chi connectivity index (χ3n) is 2.67. The number of carboxylic acid groups (broad SMARTS) is 2. The summed E-state index contributed by atoms with van der Waals surface area (Å²) < 4.78 is 4.39. The first-order chi connectivity index (χ1) is 10.0. The van der Waals surface area contributed by atoms with Gasteiger partial charge < -0.3 is 48.8 Å². The fourth-order valence-corrected chi connectivity index (χ4v) is 1.40. The second-order valence-electron chi connectivity index (χ2n) is 4.57. The van der Waals surface area contributed by atoms with Gasteiger partial charge in [-0.3, -0.25) is 9.59 Å². The molecule has 0 rings (SSSR count). The van der Waals surface area contributed by atoms with Gasteiger partial charge in [-0.15, -0.1) is 0 Å². The van der Waals surface area contributed by atoms with E-state index in [0.29, 0.717) is 0 Å². The van der Waals surface area contributed by atoms with Crippen LogP contribution in [0.1, 0.15) is 15.7 Å². The van der Waals surface area contributed by atoms with Gasteiger partial charge in [-0.2, -0.15) is 0 Å². The van der Waals surface area contributed by atoms with Gasteiger partial charge in [-0.05, 0) is 0 Å². The molecule has 0 heterocycles. The molecular weight excluding hydrogens is 404 g/mol. The molecule has 0 saturated carbocycles. The van der Waals surface area contributed by atoms with E-state index in [0.717, 1.165) is 0 Å². The minimum absolute atomic E-state index is 0. The van der Waals surface area contributed by atoms with Crippen molar-refractivity contribution in [1.29, 1.82) is 0 Å². The largest absolute Gasteiger partial charge is 2.00 e. The first kappa shape index (κ1) is 32.2. The van der Waals surface area contributed by atoms with Crippen LogP contribution in [0.15, 0.2) is 0 Å². The van der Waals surface area contributed by atoms with Gasteiger partial charge in [0, 0.05) is 17.1 Å². The molecule has 0 spiro atoms. The number of hydrogen-bond donors (Lipinski definition) is 7. The zero-order chi connectivity index (χ0) is 17.5. The van der Waals surface area contributed by atoms with Gasteiger partial charge in [0.25, 0.3) is 0 Å². The van der Waals surface area contributed by atoms with E-state index in [2.05, 4.69) is 4.74 Å². The summed E-state index contributed by atoms with van der Waals surface area (Å²) in [5, 5.41) is 63.0. The van der Waals surface area contributed by atoms with Crippen molar-refractivity contribution in [2.75, 3.05) is 13.2 Å². The quantitative estimate of drug-likeness (QED) is 0.129. The van der Waals surface area contributed by atoms with Crippen molar-refractivity contribution in [3.63, 3.8) is 0 Å². The molecule has 0 aromatic rings. The van der Waals surface area contributed by atoms with Gasteiger partial charge in [0.05, 0.1) is 19.4 Å². The number of carboxylic acids is 2. The van der Waals surface area contributed by atoms with Gasteiger partial charge in [0.2, 0.25) is 0 Å². The maximum Gasteiger partial charge on any atom is 2.00 e. The zero-order valence-electron chi connectivity index (χ0n) is 14.9. The fraction of sp³-hybridized carbons (Fsp3) is 0.727. The smallest absolute Gasteiger partial charge is 1.00 e. The number of carbonyl (C=O) groups excluding carboxylic acids is 1. The Labute approximate surface area is 171 Å². The van der Waals surface area contributed by atoms with Crippen LogP contribution in [-0.4, -0.2) is 119 Å². The Morgan fingerprint density at radius 2 is 1.52 bits per heavy atom. The van der Waals surface area contributed by atoms with E-state index < -0.39 is 67.9 Å². The predicted molar refractivity (Wildman–Crippen MR) is 77.1 cm³/mol. The van der Waals surface area contributed by atoms with Gasteiger partial charge in [0.15, 0.2) is 5.60 Å². The molecule has 9 N–H and O–H groups in total. The molecule has 0 aliphatic heterocycles. The summed E-state index contributed by atoms with van der Waals surface area (Å²) in [4.78, 5) is 32.6. The first-order valence-corrected chi connectivity index (χ1v) is 6.01. The number of hydrogen-bond acceptors (Lipinski definition) is 9. The molecule has 12 nitrogen and oxygen atoms in total. The van der Waals surface area contributed by atoms with E-state index in [-0.39, 0.29) is 48.5 Å². The van der Waals surface area contributed by atoms with E-state index in [1.165, 1.54) is 0 Å². The van der Waals surface area contributed by atoms with Crippen molar-refractivity contribution in [2.24, 2.45) is 0 Å². The molecule has 25 heavy (non-hydrogen) atoms. The summed E-state index contributed by atoms with van der Waals surface area (Å²) in [5.41, 5.74) is -2.88. The number of carbonyl (C=O) groups is 3. The third-order valence-corrected chi connectivity index (χ3v) is 2.67. The minimum atomic E-state index is -2.88. The van der Waals surface area contributed by atoms with Crippen LogP contribution in [0.5, 0.6) is 0 Å². The molecule has 0 aromatic heterocycles. The normalized spacial score (nSPS) is 15.7. The van der Waals surface area contributed by atoms with E-state index in [1.54, 1.807) is 0 Å². The number of aliphatic hydroxyl groups excluding tert-OH is 4. The van der Waals surface area contributed by atoms with Gasteiger partial charge >= 0.3 is 41.0 Å². The van der Waals surface area contributed by atoms with Gasteiger partial charge in [-0.25, -0.2) is 4.79 Å². The number of esters is 1. The second-order valence-corrected chi connectivity index (χ2v) is 4.57. The molecule has 0 saturated heterocycles. The van der Waals surface area contributed by atoms with Crippen LogP contribution in [0.25, 0.3) is 0 Å². The van der Waals surface area contributed by atoms with E-state index >= 15 is 0 Å². The Bertz CT molecular complexity index is 432. The van der Waals surface area contributed by atoms with Crippen molar-refractivity contribution in [1.82, 2.24) is 0 Å². The molecule has 14 heteroatoms. The Kier molecular flexibility index (Phi) is 18.8. The van der Waals surface area contributed by atoms with Crippen LogP contribution in [0.2, 0.25) is 0 Å². The van der Waals surface area contributed by atoms with Crippen LogP contribution in [0.3, 0.4) is 0 Å². The van der Waals surface area contributed by atoms with Crippen molar-refractivity contribution in [3.8, 4) is 0 Å². The average molecular weight is 426 g/mol. The summed E-state index contributed by atoms with van der Waals surface area (Å²) in [5.74, 6) is -4.93. The molecule has 0 radical (unpaired) electrons. The molecule has 0 aromatic carbocycles. The Morgan fingerprint density at radius 1 is 1.04 bits per heavy atom. The molecular formula is C11H22FeMgO12. The second kappa shape index (κ2) is 14.6. The molecule has 0 fully saturated rings. The molecule has 1 unspecified atom stereocenters. The molecule has 0 bridgehead atoms.